The number of benzene rings is 1. The first kappa shape index (κ1) is 39.6. The van der Waals surface area contributed by atoms with Crippen LogP contribution in [0.4, 0.5) is 0 Å². The molecule has 2 unspecified atom stereocenters. The van der Waals surface area contributed by atoms with E-state index in [1.165, 1.54) is 25.3 Å². The van der Waals surface area contributed by atoms with E-state index in [2.05, 4.69) is 88.4 Å². The van der Waals surface area contributed by atoms with Gasteiger partial charge < -0.3 is 18.9 Å². The van der Waals surface area contributed by atoms with E-state index >= 15 is 0 Å². The molecule has 0 fully saturated rings. The van der Waals surface area contributed by atoms with Gasteiger partial charge in [0.15, 0.2) is 0 Å². The monoisotopic (exact) mass is 1180 g/mol. The first-order valence-corrected chi connectivity index (χ1v) is 18.8. The maximum Gasteiger partial charge on any atom is 0.318 e. The van der Waals surface area contributed by atoms with Gasteiger partial charge in [-0.1, -0.05) is 160 Å². The Kier molecular flexibility index (Phi) is 29.4. The smallest absolute Gasteiger partial charge is 0.318 e. The number of esters is 4. The molecule has 0 aromatic heterocycles. The number of ether oxygens (including phenoxy) is 4. The van der Waals surface area contributed by atoms with E-state index in [0.29, 0.717) is 21.7 Å². The molecule has 1 aromatic carbocycles. The average molecular weight is 1180 g/mol. The minimum absolute atomic E-state index is 0.143. The third-order valence-corrected chi connectivity index (χ3v) is 9.02. The lowest BCUT2D eigenvalue weighted by Gasteiger charge is -2.10. The van der Waals surface area contributed by atoms with Crippen LogP contribution in [0.15, 0.2) is 24.3 Å². The van der Waals surface area contributed by atoms with Gasteiger partial charge in [-0.25, -0.2) is 0 Å². The van der Waals surface area contributed by atoms with Gasteiger partial charge in [0.25, 0.3) is 0 Å². The van der Waals surface area contributed by atoms with Crippen LogP contribution in [0.5, 0.6) is 0 Å². The number of rotatable bonds is 12. The molecule has 0 heterocycles. The van der Waals surface area contributed by atoms with E-state index < -0.39 is 0 Å². The third-order valence-electron chi connectivity index (χ3n) is 3.75. The highest BCUT2D eigenvalue weighted by atomic mass is 127. The van der Waals surface area contributed by atoms with E-state index in [1.807, 2.05) is 90.4 Å². The van der Waals surface area contributed by atoms with Crippen LogP contribution < -0.4 is 0 Å². The number of hydrogen-bond donors (Lipinski definition) is 0. The molecule has 0 N–H and O–H groups in total. The summed E-state index contributed by atoms with van der Waals surface area (Å²) >= 11 is 12.6. The molecule has 0 amide bonds. The fourth-order valence-corrected chi connectivity index (χ4v) is 4.57. The highest BCUT2D eigenvalue weighted by Gasteiger charge is 2.20. The van der Waals surface area contributed by atoms with Crippen LogP contribution in [0.1, 0.15) is 24.0 Å². The Bertz CT molecular complexity index is 700. The van der Waals surface area contributed by atoms with Gasteiger partial charge in [-0.05, 0) is 24.0 Å². The van der Waals surface area contributed by atoms with Crippen molar-refractivity contribution in [2.45, 2.75) is 29.5 Å². The Labute approximate surface area is 294 Å². The summed E-state index contributed by atoms with van der Waals surface area (Å²) in [5.74, 6) is -1.08. The summed E-state index contributed by atoms with van der Waals surface area (Å²) in [7, 11) is 2.71. The highest BCUT2D eigenvalue weighted by Crippen LogP contribution is 2.17. The number of carbonyl (C=O) groups excluding carboxylic acids is 4. The number of alkyl halides is 6. The molecule has 0 radical (unpaired) electrons. The van der Waals surface area contributed by atoms with Crippen molar-refractivity contribution in [1.82, 2.24) is 0 Å². The third kappa shape index (κ3) is 22.3. The molecule has 0 aliphatic rings. The molecule has 14 heteroatoms. The van der Waals surface area contributed by atoms with E-state index in [9.17, 15) is 19.2 Å². The first-order valence-electron chi connectivity index (χ1n) is 10.2. The van der Waals surface area contributed by atoms with Gasteiger partial charge in [0, 0.05) is 8.86 Å². The molecule has 2 atom stereocenters. The largest absolute Gasteiger partial charge is 0.468 e. The molecule has 0 spiro atoms. The second kappa shape index (κ2) is 26.7. The lowest BCUT2D eigenvalue weighted by atomic mass is 10.2. The predicted molar refractivity (Wildman–Crippen MR) is 190 cm³/mol. The van der Waals surface area contributed by atoms with E-state index in [4.69, 9.17) is 0 Å². The lowest BCUT2D eigenvalue weighted by Crippen LogP contribution is -2.20. The van der Waals surface area contributed by atoms with Crippen molar-refractivity contribution in [3.05, 3.63) is 35.4 Å². The molecule has 0 bridgehead atoms. The molecule has 206 valence electrons. The Balaban J connectivity index is 0. The topological polar surface area (TPSA) is 105 Å². The minimum Gasteiger partial charge on any atom is -0.468 e. The maximum absolute atomic E-state index is 11.0. The van der Waals surface area contributed by atoms with E-state index in [0.717, 1.165) is 8.86 Å². The van der Waals surface area contributed by atoms with Crippen molar-refractivity contribution in [2.24, 2.45) is 0 Å². The zero-order valence-electron chi connectivity index (χ0n) is 19.7. The number of halogens is 6. The minimum atomic E-state index is -0.291. The zero-order valence-corrected chi connectivity index (χ0v) is 32.6. The number of carbonyl (C=O) groups is 4. The Morgan fingerprint density at radius 1 is 0.667 bits per heavy atom. The van der Waals surface area contributed by atoms with Crippen LogP contribution in [0.2, 0.25) is 0 Å². The molecule has 0 saturated heterocycles. The number of methoxy groups -OCH3 is 2. The second-order valence-corrected chi connectivity index (χ2v) is 12.4. The molecule has 36 heavy (non-hydrogen) atoms. The summed E-state index contributed by atoms with van der Waals surface area (Å²) in [5.41, 5.74) is 2.82. The van der Waals surface area contributed by atoms with Gasteiger partial charge in [-0.3, -0.25) is 19.2 Å². The molecule has 1 aromatic rings. The Morgan fingerprint density at radius 2 is 0.972 bits per heavy atom. The fraction of sp³-hybridized carbons (Fsp3) is 0.545. The molecule has 0 aliphatic heterocycles. The Morgan fingerprint density at radius 3 is 1.19 bits per heavy atom. The summed E-state index contributed by atoms with van der Waals surface area (Å²) in [6.07, 6.45) is 1.24. The van der Waals surface area contributed by atoms with Crippen molar-refractivity contribution < 1.29 is 38.1 Å². The van der Waals surface area contributed by atoms with E-state index in [-0.39, 0.29) is 44.9 Å². The summed E-state index contributed by atoms with van der Waals surface area (Å²) in [4.78, 5) is 43.1. The van der Waals surface area contributed by atoms with Gasteiger partial charge in [-0.15, -0.1) is 0 Å². The summed E-state index contributed by atoms with van der Waals surface area (Å²) in [6.45, 7) is 0.286. The first-order chi connectivity index (χ1) is 17.1. The molecule has 8 nitrogen and oxygen atoms in total. The van der Waals surface area contributed by atoms with Crippen LogP contribution in [-0.2, 0) is 47.0 Å². The van der Waals surface area contributed by atoms with Crippen LogP contribution >= 0.6 is 136 Å². The SMILES string of the molecule is COC(=O)C(I)CCC(I)C(=O)OC.ICc1ccc(CI)cc1.O=C(CI)OCCOC(=O)CI. The molecule has 1 rings (SSSR count). The van der Waals surface area contributed by atoms with Gasteiger partial charge in [0.2, 0.25) is 0 Å². The van der Waals surface area contributed by atoms with Crippen molar-refractivity contribution in [1.29, 1.82) is 0 Å². The van der Waals surface area contributed by atoms with Crippen LogP contribution in [0.25, 0.3) is 0 Å². The fourth-order valence-electron chi connectivity index (χ4n) is 1.89. The number of hydrogen-bond acceptors (Lipinski definition) is 8. The molecular formula is C22H28I6O8. The summed E-state index contributed by atoms with van der Waals surface area (Å²) < 4.78 is 20.9. The molecule has 0 aliphatic carbocycles. The Hall–Kier alpha value is 1.48. The summed E-state index contributed by atoms with van der Waals surface area (Å²) in [5, 5.41) is 0. The van der Waals surface area contributed by atoms with Gasteiger partial charge in [0.1, 0.15) is 21.1 Å². The van der Waals surface area contributed by atoms with Gasteiger partial charge in [-0.2, -0.15) is 0 Å². The second-order valence-electron chi connectivity index (χ2n) is 6.35. The van der Waals surface area contributed by atoms with Crippen molar-refractivity contribution in [2.75, 3.05) is 36.3 Å². The van der Waals surface area contributed by atoms with Crippen LogP contribution in [0.3, 0.4) is 0 Å². The molecular weight excluding hydrogens is 1150 g/mol. The predicted octanol–water partition coefficient (Wildman–Crippen LogP) is 6.22. The quantitative estimate of drug-likeness (QED) is 0.0800. The normalized spacial score (nSPS) is 11.3. The van der Waals surface area contributed by atoms with Crippen molar-refractivity contribution >= 4 is 159 Å². The average Bonchev–Trinajstić information content (AvgIpc) is 2.92. The van der Waals surface area contributed by atoms with E-state index in [1.54, 1.807) is 0 Å². The summed E-state index contributed by atoms with van der Waals surface area (Å²) in [6, 6.07) is 8.78. The van der Waals surface area contributed by atoms with Gasteiger partial charge in [0.05, 0.1) is 23.1 Å². The molecule has 0 saturated carbocycles. The zero-order chi connectivity index (χ0) is 27.9. The van der Waals surface area contributed by atoms with Crippen LogP contribution in [-0.4, -0.2) is 68.0 Å². The van der Waals surface area contributed by atoms with Crippen LogP contribution in [0, 0.1) is 0 Å². The van der Waals surface area contributed by atoms with Crippen molar-refractivity contribution in [3.63, 3.8) is 0 Å². The standard InChI is InChI=1S/C8H12I2O4.C8H8I2.C6H8I2O4/c1-13-7(11)5(9)3-4-6(10)8(12)14-2;9-5-7-1-2-8(6-10)4-3-7;7-3-5(9)11-1-2-12-6(10)4-8/h5-6H,3-4H2,1-2H3;1-4H,5-6H2;1-4H2. The maximum atomic E-state index is 11.0. The highest BCUT2D eigenvalue weighted by molar-refractivity contribution is 14.1. The van der Waals surface area contributed by atoms with Gasteiger partial charge >= 0.3 is 23.9 Å². The lowest BCUT2D eigenvalue weighted by molar-refractivity contribution is -0.148. The van der Waals surface area contributed by atoms with Crippen molar-refractivity contribution in [3.8, 4) is 0 Å².